The van der Waals surface area contributed by atoms with E-state index in [1.807, 2.05) is 52.2 Å². The predicted octanol–water partition coefficient (Wildman–Crippen LogP) is 4.09. The van der Waals surface area contributed by atoms with Crippen LogP contribution in [0.4, 0.5) is 0 Å². The summed E-state index contributed by atoms with van der Waals surface area (Å²) < 4.78 is 3.94. The molecular weight excluding hydrogens is 426 g/mol. The first-order valence-electron chi connectivity index (χ1n) is 11.6. The summed E-state index contributed by atoms with van der Waals surface area (Å²) in [4.78, 5) is 24.5. The van der Waals surface area contributed by atoms with E-state index in [-0.39, 0.29) is 11.9 Å². The van der Waals surface area contributed by atoms with Gasteiger partial charge in [0.15, 0.2) is 0 Å². The molecule has 8 heteroatoms. The van der Waals surface area contributed by atoms with Gasteiger partial charge in [-0.3, -0.25) is 9.48 Å². The number of likely N-dealkylation sites (N-methyl/N-ethyl adjacent to an activating group) is 1. The number of nitrogens with zero attached hydrogens (tertiary/aromatic N) is 7. The van der Waals surface area contributed by atoms with E-state index in [9.17, 15) is 10.1 Å². The number of carbonyl (C=O) groups is 1. The Bertz CT molecular complexity index is 1530. The second kappa shape index (κ2) is 7.26. The first-order valence-corrected chi connectivity index (χ1v) is 11.6. The van der Waals surface area contributed by atoms with Gasteiger partial charge in [-0.2, -0.15) is 10.4 Å². The maximum atomic E-state index is 12.8. The Morgan fingerprint density at radius 3 is 2.59 bits per heavy atom. The highest BCUT2D eigenvalue weighted by molar-refractivity contribution is 5.97. The molecule has 1 aliphatic carbocycles. The molecule has 2 aliphatic rings. The molecule has 1 aliphatic heterocycles. The molecule has 6 rings (SSSR count). The second-order valence-corrected chi connectivity index (χ2v) is 9.42. The lowest BCUT2D eigenvalue weighted by molar-refractivity contribution is -0.135. The number of hydrogen-bond acceptors (Lipinski definition) is 5. The van der Waals surface area contributed by atoms with Crippen LogP contribution in [0.25, 0.3) is 33.4 Å². The highest BCUT2D eigenvalue weighted by Crippen LogP contribution is 2.45. The van der Waals surface area contributed by atoms with Gasteiger partial charge in [-0.15, -0.1) is 0 Å². The number of carbonyl (C=O) groups excluding carboxylic acids is 1. The van der Waals surface area contributed by atoms with Crippen molar-refractivity contribution in [3.8, 4) is 28.6 Å². The molecule has 0 spiro atoms. The van der Waals surface area contributed by atoms with Gasteiger partial charge >= 0.3 is 0 Å². The SMILES string of the molecule is Cc1c(-c2nc3cccc(-c4nc(C5CC5)n5c4CN(C)C(=O)[C@H]5C)c3cc2C#N)cnn1C. The second-order valence-electron chi connectivity index (χ2n) is 9.42. The number of rotatable bonds is 3. The number of aromatic nitrogens is 5. The lowest BCUT2D eigenvalue weighted by Crippen LogP contribution is -2.39. The molecule has 1 amide bonds. The van der Waals surface area contributed by atoms with Gasteiger partial charge in [0.1, 0.15) is 17.9 Å². The first kappa shape index (κ1) is 20.6. The molecule has 0 unspecified atom stereocenters. The first-order chi connectivity index (χ1) is 16.4. The Kier molecular flexibility index (Phi) is 4.40. The summed E-state index contributed by atoms with van der Waals surface area (Å²) in [6, 6.07) is 9.99. The van der Waals surface area contributed by atoms with E-state index in [0.717, 1.165) is 57.8 Å². The molecule has 8 nitrogen and oxygen atoms in total. The molecule has 1 saturated carbocycles. The Hall–Kier alpha value is -3.99. The Balaban J connectivity index is 1.59. The fourth-order valence-corrected chi connectivity index (χ4v) is 5.07. The molecule has 4 heterocycles. The highest BCUT2D eigenvalue weighted by Gasteiger charge is 2.38. The third kappa shape index (κ3) is 2.90. The molecular formula is C26H25N7O. The van der Waals surface area contributed by atoms with Gasteiger partial charge in [0.2, 0.25) is 5.91 Å². The lowest BCUT2D eigenvalue weighted by Gasteiger charge is -2.31. The number of nitriles is 1. The minimum Gasteiger partial charge on any atom is -0.338 e. The fourth-order valence-electron chi connectivity index (χ4n) is 5.07. The van der Waals surface area contributed by atoms with Crippen LogP contribution in [0.3, 0.4) is 0 Å². The van der Waals surface area contributed by atoms with Crippen LogP contribution in [-0.4, -0.2) is 42.2 Å². The van der Waals surface area contributed by atoms with Gasteiger partial charge in [-0.1, -0.05) is 12.1 Å². The standard InChI is InChI=1S/C26H25N7O/c1-14-20(12-28-32(14)4)23-17(11-27)10-19-18(6-5-7-21(19)29-23)24-22-13-31(3)26(34)15(2)33(22)25(30-24)16-8-9-16/h5-7,10,12,15-16H,8-9,13H2,1-4H3/t15-/m1/s1. The smallest absolute Gasteiger partial charge is 0.245 e. The molecule has 0 saturated heterocycles. The molecule has 0 bridgehead atoms. The van der Waals surface area contributed by atoms with Crippen LogP contribution in [0.5, 0.6) is 0 Å². The lowest BCUT2D eigenvalue weighted by atomic mass is 9.99. The van der Waals surface area contributed by atoms with Crippen molar-refractivity contribution in [2.24, 2.45) is 7.05 Å². The summed E-state index contributed by atoms with van der Waals surface area (Å²) in [7, 11) is 3.73. The van der Waals surface area contributed by atoms with E-state index in [1.165, 1.54) is 0 Å². The molecule has 0 N–H and O–H groups in total. The molecule has 34 heavy (non-hydrogen) atoms. The van der Waals surface area contributed by atoms with E-state index < -0.39 is 0 Å². The molecule has 3 aromatic heterocycles. The quantitative estimate of drug-likeness (QED) is 0.468. The van der Waals surface area contributed by atoms with Crippen molar-refractivity contribution < 1.29 is 4.79 Å². The van der Waals surface area contributed by atoms with Gasteiger partial charge in [0, 0.05) is 42.2 Å². The Morgan fingerprint density at radius 1 is 1.12 bits per heavy atom. The fraction of sp³-hybridized carbons (Fsp3) is 0.346. The summed E-state index contributed by atoms with van der Waals surface area (Å²) in [5.41, 5.74) is 6.65. The summed E-state index contributed by atoms with van der Waals surface area (Å²) in [6.45, 7) is 4.45. The van der Waals surface area contributed by atoms with E-state index in [2.05, 4.69) is 15.7 Å². The topological polar surface area (TPSA) is 92.6 Å². The van der Waals surface area contributed by atoms with Crippen LogP contribution >= 0.6 is 0 Å². The van der Waals surface area contributed by atoms with Crippen molar-refractivity contribution in [1.82, 2.24) is 29.2 Å². The van der Waals surface area contributed by atoms with Crippen LogP contribution in [-0.2, 0) is 18.4 Å². The normalized spacial score (nSPS) is 17.8. The van der Waals surface area contributed by atoms with E-state index in [0.29, 0.717) is 23.7 Å². The van der Waals surface area contributed by atoms with Crippen LogP contribution in [0, 0.1) is 18.3 Å². The van der Waals surface area contributed by atoms with Gasteiger partial charge in [0.05, 0.1) is 40.9 Å². The van der Waals surface area contributed by atoms with E-state index >= 15 is 0 Å². The van der Waals surface area contributed by atoms with Crippen molar-refractivity contribution in [3.05, 3.63) is 53.2 Å². The number of amides is 1. The van der Waals surface area contributed by atoms with E-state index in [4.69, 9.17) is 9.97 Å². The minimum absolute atomic E-state index is 0.112. The zero-order valence-corrected chi connectivity index (χ0v) is 19.7. The molecule has 4 aromatic rings. The average molecular weight is 452 g/mol. The number of imidazole rings is 1. The van der Waals surface area contributed by atoms with Crippen molar-refractivity contribution in [2.45, 2.75) is 45.2 Å². The number of benzene rings is 1. The largest absolute Gasteiger partial charge is 0.338 e. The van der Waals surface area contributed by atoms with Crippen molar-refractivity contribution in [1.29, 1.82) is 5.26 Å². The maximum absolute atomic E-state index is 12.8. The maximum Gasteiger partial charge on any atom is 0.245 e. The monoisotopic (exact) mass is 451 g/mol. The number of fused-ring (bicyclic) bond motifs is 2. The number of pyridine rings is 1. The minimum atomic E-state index is -0.270. The Labute approximate surface area is 197 Å². The van der Waals surface area contributed by atoms with Gasteiger partial charge in [-0.25, -0.2) is 9.97 Å². The summed E-state index contributed by atoms with van der Waals surface area (Å²) >= 11 is 0. The third-order valence-corrected chi connectivity index (χ3v) is 7.21. The zero-order chi connectivity index (χ0) is 23.7. The van der Waals surface area contributed by atoms with Crippen LogP contribution < -0.4 is 0 Å². The number of hydrogen-bond donors (Lipinski definition) is 0. The summed E-state index contributed by atoms with van der Waals surface area (Å²) in [5.74, 6) is 1.53. The molecule has 170 valence electrons. The van der Waals surface area contributed by atoms with Crippen LogP contribution in [0.15, 0.2) is 30.5 Å². The van der Waals surface area contributed by atoms with Gasteiger partial charge < -0.3 is 9.47 Å². The van der Waals surface area contributed by atoms with Crippen molar-refractivity contribution in [3.63, 3.8) is 0 Å². The van der Waals surface area contributed by atoms with E-state index in [1.54, 1.807) is 15.8 Å². The highest BCUT2D eigenvalue weighted by atomic mass is 16.2. The summed E-state index contributed by atoms with van der Waals surface area (Å²) in [5, 5.41) is 15.2. The molecule has 1 fully saturated rings. The van der Waals surface area contributed by atoms with Crippen LogP contribution in [0.1, 0.15) is 54.5 Å². The van der Waals surface area contributed by atoms with Crippen LogP contribution in [0.2, 0.25) is 0 Å². The molecule has 1 aromatic carbocycles. The van der Waals surface area contributed by atoms with Gasteiger partial charge in [-0.05, 0) is 38.8 Å². The summed E-state index contributed by atoms with van der Waals surface area (Å²) in [6.07, 6.45) is 3.97. The van der Waals surface area contributed by atoms with Gasteiger partial charge in [0.25, 0.3) is 0 Å². The van der Waals surface area contributed by atoms with Crippen molar-refractivity contribution >= 4 is 16.8 Å². The zero-order valence-electron chi connectivity index (χ0n) is 19.7. The Morgan fingerprint density at radius 2 is 1.91 bits per heavy atom. The predicted molar refractivity (Wildman–Crippen MR) is 128 cm³/mol. The average Bonchev–Trinajstić information content (AvgIpc) is 3.54. The molecule has 1 atom stereocenters. The number of aryl methyl sites for hydroxylation is 1. The third-order valence-electron chi connectivity index (χ3n) is 7.21. The van der Waals surface area contributed by atoms with Crippen molar-refractivity contribution in [2.75, 3.05) is 7.05 Å². The molecule has 0 radical (unpaired) electrons.